The second-order valence-electron chi connectivity index (χ2n) is 6.80. The lowest BCUT2D eigenvalue weighted by atomic mass is 9.72. The highest BCUT2D eigenvalue weighted by Crippen LogP contribution is 2.50. The van der Waals surface area contributed by atoms with Crippen molar-refractivity contribution in [1.29, 1.82) is 0 Å². The van der Waals surface area contributed by atoms with E-state index < -0.39 is 15.6 Å². The van der Waals surface area contributed by atoms with Crippen LogP contribution in [0.25, 0.3) is 0 Å². The van der Waals surface area contributed by atoms with Crippen LogP contribution >= 0.6 is 0 Å². The van der Waals surface area contributed by atoms with E-state index in [9.17, 15) is 21.6 Å². The first-order valence-electron chi connectivity index (χ1n) is 7.88. The highest BCUT2D eigenvalue weighted by atomic mass is 32.2. The summed E-state index contributed by atoms with van der Waals surface area (Å²) in [4.78, 5) is 2.23. The second kappa shape index (κ2) is 5.62. The molecule has 0 N–H and O–H groups in total. The van der Waals surface area contributed by atoms with Gasteiger partial charge in [-0.1, -0.05) is 6.07 Å². The lowest BCUT2D eigenvalue weighted by Gasteiger charge is -2.39. The minimum absolute atomic E-state index is 0.0761. The number of alkyl halides is 3. The molecule has 2 aliphatic rings. The van der Waals surface area contributed by atoms with Crippen LogP contribution in [0.4, 0.5) is 13.2 Å². The highest BCUT2D eigenvalue weighted by Gasteiger charge is 2.50. The van der Waals surface area contributed by atoms with Gasteiger partial charge in [-0.25, -0.2) is 0 Å². The van der Waals surface area contributed by atoms with Gasteiger partial charge in [0.2, 0.25) is 0 Å². The molecule has 1 aliphatic heterocycles. The smallest absolute Gasteiger partial charge is 0.376 e. The van der Waals surface area contributed by atoms with Crippen molar-refractivity contribution in [3.8, 4) is 5.75 Å². The average Bonchev–Trinajstić information content (AvgIpc) is 2.85. The fraction of sp³-hybridized carbons (Fsp3) is 0.625. The maximum absolute atomic E-state index is 12.6. The van der Waals surface area contributed by atoms with Gasteiger partial charge < -0.3 is 9.08 Å². The SMILES string of the molecule is Cc1ccc(OS(=O)(=O)C(F)(F)F)c2c1C1(CC2)CCN(C)CC1. The molecule has 1 spiro atoms. The zero-order chi connectivity index (χ0) is 17.8. The first-order valence-corrected chi connectivity index (χ1v) is 9.29. The molecule has 0 bridgehead atoms. The maximum atomic E-state index is 12.6. The van der Waals surface area contributed by atoms with E-state index in [4.69, 9.17) is 0 Å². The van der Waals surface area contributed by atoms with Crippen LogP contribution in [-0.4, -0.2) is 39.0 Å². The van der Waals surface area contributed by atoms with Crippen LogP contribution in [0.1, 0.15) is 36.0 Å². The van der Waals surface area contributed by atoms with Crippen molar-refractivity contribution in [3.63, 3.8) is 0 Å². The zero-order valence-corrected chi connectivity index (χ0v) is 14.4. The van der Waals surface area contributed by atoms with Crippen LogP contribution in [0, 0.1) is 6.92 Å². The summed E-state index contributed by atoms with van der Waals surface area (Å²) in [5.74, 6) is -0.177. The zero-order valence-electron chi connectivity index (χ0n) is 13.6. The number of rotatable bonds is 2. The number of hydrogen-bond acceptors (Lipinski definition) is 4. The Kier molecular flexibility index (Phi) is 4.11. The van der Waals surface area contributed by atoms with E-state index in [1.807, 2.05) is 14.0 Å². The Morgan fingerprint density at radius 1 is 1.17 bits per heavy atom. The van der Waals surface area contributed by atoms with Crippen molar-refractivity contribution >= 4 is 10.1 Å². The summed E-state index contributed by atoms with van der Waals surface area (Å²) < 4.78 is 65.1. The van der Waals surface area contributed by atoms with E-state index in [1.54, 1.807) is 6.07 Å². The Balaban J connectivity index is 2.01. The Morgan fingerprint density at radius 3 is 2.38 bits per heavy atom. The highest BCUT2D eigenvalue weighted by molar-refractivity contribution is 7.88. The standard InChI is InChI=1S/C16H20F3NO3S/c1-11-3-4-13(23-24(21,22)16(17,18)19)12-5-6-15(14(11)12)7-9-20(2)10-8-15/h3-4H,5-10H2,1-2H3. The molecular weight excluding hydrogens is 343 g/mol. The van der Waals surface area contributed by atoms with Crippen LogP contribution in [0.3, 0.4) is 0 Å². The molecule has 0 amide bonds. The van der Waals surface area contributed by atoms with Gasteiger partial charge in [0.25, 0.3) is 0 Å². The number of aryl methyl sites for hydroxylation is 1. The fourth-order valence-electron chi connectivity index (χ4n) is 4.01. The number of benzene rings is 1. The number of fused-ring (bicyclic) bond motifs is 2. The van der Waals surface area contributed by atoms with Gasteiger partial charge in [-0.15, -0.1) is 0 Å². The molecule has 0 aromatic heterocycles. The molecule has 4 nitrogen and oxygen atoms in total. The molecule has 0 radical (unpaired) electrons. The molecule has 8 heteroatoms. The molecule has 0 saturated carbocycles. The lowest BCUT2D eigenvalue weighted by molar-refractivity contribution is -0.0500. The van der Waals surface area contributed by atoms with E-state index >= 15 is 0 Å². The summed E-state index contributed by atoms with van der Waals surface area (Å²) in [7, 11) is -3.60. The van der Waals surface area contributed by atoms with E-state index in [-0.39, 0.29) is 11.2 Å². The van der Waals surface area contributed by atoms with Gasteiger partial charge in [0, 0.05) is 0 Å². The Bertz CT molecular complexity index is 751. The van der Waals surface area contributed by atoms with E-state index in [2.05, 4.69) is 9.08 Å². The normalized spacial score (nSPS) is 21.0. The minimum Gasteiger partial charge on any atom is -0.376 e. The van der Waals surface area contributed by atoms with Gasteiger partial charge in [-0.2, -0.15) is 21.6 Å². The van der Waals surface area contributed by atoms with Crippen molar-refractivity contribution < 1.29 is 25.8 Å². The van der Waals surface area contributed by atoms with Crippen molar-refractivity contribution in [2.75, 3.05) is 20.1 Å². The van der Waals surface area contributed by atoms with E-state index in [1.165, 1.54) is 6.07 Å². The molecule has 3 rings (SSSR count). The largest absolute Gasteiger partial charge is 0.534 e. The summed E-state index contributed by atoms with van der Waals surface area (Å²) in [6.07, 6.45) is 3.21. The monoisotopic (exact) mass is 363 g/mol. The molecule has 0 unspecified atom stereocenters. The summed E-state index contributed by atoms with van der Waals surface area (Å²) in [5.41, 5.74) is -2.90. The van der Waals surface area contributed by atoms with E-state index in [0.29, 0.717) is 12.0 Å². The first kappa shape index (κ1) is 17.5. The summed E-state index contributed by atoms with van der Waals surface area (Å²) in [6.45, 7) is 3.77. The van der Waals surface area contributed by atoms with Gasteiger partial charge in [0.05, 0.1) is 0 Å². The van der Waals surface area contributed by atoms with Crippen molar-refractivity contribution in [2.45, 2.75) is 43.5 Å². The van der Waals surface area contributed by atoms with E-state index in [0.717, 1.165) is 43.5 Å². The van der Waals surface area contributed by atoms with Crippen LogP contribution in [0.15, 0.2) is 12.1 Å². The third-order valence-electron chi connectivity index (χ3n) is 5.29. The molecule has 1 aromatic rings. The number of likely N-dealkylation sites (tertiary alicyclic amines) is 1. The molecule has 24 heavy (non-hydrogen) atoms. The third-order valence-corrected chi connectivity index (χ3v) is 6.26. The predicted octanol–water partition coefficient (Wildman–Crippen LogP) is 3.13. The fourth-order valence-corrected chi connectivity index (χ4v) is 4.50. The lowest BCUT2D eigenvalue weighted by Crippen LogP contribution is -2.39. The Morgan fingerprint density at radius 2 is 1.79 bits per heavy atom. The van der Waals surface area contributed by atoms with Gasteiger partial charge in [0.15, 0.2) is 0 Å². The van der Waals surface area contributed by atoms with Crippen molar-refractivity contribution in [3.05, 3.63) is 28.8 Å². The van der Waals surface area contributed by atoms with Crippen molar-refractivity contribution in [1.82, 2.24) is 4.90 Å². The molecule has 134 valence electrons. The number of halogens is 3. The van der Waals surface area contributed by atoms with Crippen LogP contribution in [0.2, 0.25) is 0 Å². The second-order valence-corrected chi connectivity index (χ2v) is 8.34. The average molecular weight is 363 g/mol. The molecule has 1 aliphatic carbocycles. The van der Waals surface area contributed by atoms with Crippen LogP contribution in [-0.2, 0) is 22.0 Å². The van der Waals surface area contributed by atoms with Crippen LogP contribution in [0.5, 0.6) is 5.75 Å². The molecule has 1 fully saturated rings. The maximum Gasteiger partial charge on any atom is 0.534 e. The van der Waals surface area contributed by atoms with Gasteiger partial charge in [-0.05, 0) is 80.9 Å². The van der Waals surface area contributed by atoms with Gasteiger partial charge in [0.1, 0.15) is 5.75 Å². The van der Waals surface area contributed by atoms with Gasteiger partial charge >= 0.3 is 15.6 Å². The van der Waals surface area contributed by atoms with Crippen LogP contribution < -0.4 is 4.18 Å². The number of nitrogens with zero attached hydrogens (tertiary/aromatic N) is 1. The topological polar surface area (TPSA) is 46.6 Å². The third kappa shape index (κ3) is 2.79. The quantitative estimate of drug-likeness (QED) is 0.598. The Labute approximate surface area is 139 Å². The van der Waals surface area contributed by atoms with Gasteiger partial charge in [-0.3, -0.25) is 0 Å². The minimum atomic E-state index is -5.64. The summed E-state index contributed by atoms with van der Waals surface area (Å²) in [6, 6.07) is 3.00. The molecular formula is C16H20F3NO3S. The summed E-state index contributed by atoms with van der Waals surface area (Å²) in [5, 5.41) is 0. The Hall–Kier alpha value is -1.28. The number of piperidine rings is 1. The molecule has 1 aromatic carbocycles. The number of hydrogen-bond donors (Lipinski definition) is 0. The predicted molar refractivity (Wildman–Crippen MR) is 83.5 cm³/mol. The molecule has 0 atom stereocenters. The molecule has 1 heterocycles. The van der Waals surface area contributed by atoms with Crippen molar-refractivity contribution in [2.24, 2.45) is 0 Å². The molecule has 1 saturated heterocycles. The first-order chi connectivity index (χ1) is 11.1. The summed E-state index contributed by atoms with van der Waals surface area (Å²) >= 11 is 0.